The molecule has 1 unspecified atom stereocenters. The molecule has 0 bridgehead atoms. The highest BCUT2D eigenvalue weighted by atomic mass is 16.5. The summed E-state index contributed by atoms with van der Waals surface area (Å²) in [5, 5.41) is 23.1. The van der Waals surface area contributed by atoms with Crippen LogP contribution in [0.4, 0.5) is 5.82 Å². The molecule has 0 saturated carbocycles. The van der Waals surface area contributed by atoms with E-state index >= 15 is 0 Å². The average molecular weight is 343 g/mol. The number of ether oxygens (including phenoxy) is 1. The number of anilines is 1. The zero-order chi connectivity index (χ0) is 17.5. The van der Waals surface area contributed by atoms with Crippen molar-refractivity contribution in [1.29, 1.82) is 0 Å². The molecule has 0 radical (unpaired) electrons. The van der Waals surface area contributed by atoms with E-state index in [1.165, 1.54) is 0 Å². The Morgan fingerprint density at radius 2 is 1.92 bits per heavy atom. The maximum Gasteiger partial charge on any atom is 0.128 e. The number of phenols is 1. The Hall–Kier alpha value is -2.31. The standard InChI is InChI=1S/C19H25N3O3/c23-16-4-6-18(7-5-16)25-14-17(24)13-22(15-8-11-20-12-9-15)19-3-1-2-10-21-19/h1-7,10,15,17,20,23-24H,8-9,11-14H2. The SMILES string of the molecule is Oc1ccc(OCC(O)CN(c2ccccn2)C2CCNCC2)cc1. The molecule has 1 aromatic carbocycles. The van der Waals surface area contributed by atoms with Gasteiger partial charge in [0, 0.05) is 18.8 Å². The lowest BCUT2D eigenvalue weighted by Crippen LogP contribution is -2.47. The molecule has 134 valence electrons. The first-order chi connectivity index (χ1) is 12.2. The van der Waals surface area contributed by atoms with E-state index in [9.17, 15) is 10.2 Å². The number of benzene rings is 1. The summed E-state index contributed by atoms with van der Waals surface area (Å²) < 4.78 is 5.63. The normalized spacial score (nSPS) is 16.4. The van der Waals surface area contributed by atoms with Crippen LogP contribution in [0, 0.1) is 0 Å². The summed E-state index contributed by atoms with van der Waals surface area (Å²) in [5.74, 6) is 1.71. The Morgan fingerprint density at radius 1 is 1.16 bits per heavy atom. The second-order valence-corrected chi connectivity index (χ2v) is 6.28. The van der Waals surface area contributed by atoms with Crippen LogP contribution in [0.2, 0.25) is 0 Å². The van der Waals surface area contributed by atoms with Gasteiger partial charge in [0.1, 0.15) is 30.0 Å². The third kappa shape index (κ3) is 5.08. The Bertz CT molecular complexity index is 630. The molecule has 0 aliphatic carbocycles. The number of aromatic hydroxyl groups is 1. The van der Waals surface area contributed by atoms with E-state index in [0.29, 0.717) is 18.3 Å². The minimum Gasteiger partial charge on any atom is -0.508 e. The Labute approximate surface area is 148 Å². The van der Waals surface area contributed by atoms with Crippen molar-refractivity contribution in [1.82, 2.24) is 10.3 Å². The van der Waals surface area contributed by atoms with E-state index < -0.39 is 6.10 Å². The minimum absolute atomic E-state index is 0.194. The second kappa shape index (κ2) is 8.69. The van der Waals surface area contributed by atoms with Gasteiger partial charge < -0.3 is 25.2 Å². The van der Waals surface area contributed by atoms with Crippen LogP contribution in [0.1, 0.15) is 12.8 Å². The number of piperidine rings is 1. The zero-order valence-electron chi connectivity index (χ0n) is 14.2. The molecule has 25 heavy (non-hydrogen) atoms. The van der Waals surface area contributed by atoms with Crippen LogP contribution in [0.3, 0.4) is 0 Å². The Morgan fingerprint density at radius 3 is 2.60 bits per heavy atom. The molecule has 0 spiro atoms. The van der Waals surface area contributed by atoms with Gasteiger partial charge in [-0.15, -0.1) is 0 Å². The lowest BCUT2D eigenvalue weighted by Gasteiger charge is -2.36. The highest BCUT2D eigenvalue weighted by Gasteiger charge is 2.24. The third-order valence-electron chi connectivity index (χ3n) is 4.38. The van der Waals surface area contributed by atoms with E-state index in [1.54, 1.807) is 30.5 Å². The molecule has 1 fully saturated rings. The van der Waals surface area contributed by atoms with Crippen LogP contribution in [0.5, 0.6) is 11.5 Å². The number of aromatic nitrogens is 1. The molecule has 6 heteroatoms. The average Bonchev–Trinajstić information content (AvgIpc) is 2.67. The van der Waals surface area contributed by atoms with Gasteiger partial charge in [-0.2, -0.15) is 0 Å². The second-order valence-electron chi connectivity index (χ2n) is 6.28. The Balaban J connectivity index is 1.61. The van der Waals surface area contributed by atoms with Crippen molar-refractivity contribution in [2.45, 2.75) is 25.0 Å². The van der Waals surface area contributed by atoms with E-state index in [1.807, 2.05) is 18.2 Å². The highest BCUT2D eigenvalue weighted by molar-refractivity contribution is 5.39. The van der Waals surface area contributed by atoms with Crippen LogP contribution in [-0.4, -0.2) is 53.6 Å². The number of pyridine rings is 1. The first-order valence-electron chi connectivity index (χ1n) is 8.70. The molecule has 6 nitrogen and oxygen atoms in total. The predicted molar refractivity (Wildman–Crippen MR) is 97.1 cm³/mol. The van der Waals surface area contributed by atoms with Gasteiger partial charge in [0.2, 0.25) is 0 Å². The summed E-state index contributed by atoms with van der Waals surface area (Å²) in [6.45, 7) is 2.63. The number of hydrogen-bond donors (Lipinski definition) is 3. The molecular weight excluding hydrogens is 318 g/mol. The van der Waals surface area contributed by atoms with Crippen molar-refractivity contribution in [2.75, 3.05) is 31.1 Å². The van der Waals surface area contributed by atoms with Crippen molar-refractivity contribution >= 4 is 5.82 Å². The van der Waals surface area contributed by atoms with Crippen molar-refractivity contribution in [3.8, 4) is 11.5 Å². The third-order valence-corrected chi connectivity index (χ3v) is 4.38. The quantitative estimate of drug-likeness (QED) is 0.711. The molecule has 1 atom stereocenters. The van der Waals surface area contributed by atoms with Gasteiger partial charge in [-0.3, -0.25) is 0 Å². The maximum absolute atomic E-state index is 10.5. The van der Waals surface area contributed by atoms with Gasteiger partial charge >= 0.3 is 0 Å². The Kier molecular flexibility index (Phi) is 6.09. The number of aliphatic hydroxyl groups excluding tert-OH is 1. The van der Waals surface area contributed by atoms with Crippen LogP contribution in [-0.2, 0) is 0 Å². The van der Waals surface area contributed by atoms with Crippen LogP contribution < -0.4 is 15.0 Å². The van der Waals surface area contributed by atoms with Gasteiger partial charge in [-0.1, -0.05) is 6.07 Å². The van der Waals surface area contributed by atoms with Crippen molar-refractivity contribution in [3.05, 3.63) is 48.7 Å². The van der Waals surface area contributed by atoms with Gasteiger partial charge in [0.15, 0.2) is 0 Å². The number of phenolic OH excluding ortho intramolecular Hbond substituents is 1. The topological polar surface area (TPSA) is 77.8 Å². The number of aliphatic hydroxyl groups is 1. The summed E-state index contributed by atoms with van der Waals surface area (Å²) >= 11 is 0. The van der Waals surface area contributed by atoms with Gasteiger partial charge in [-0.05, 0) is 62.3 Å². The molecule has 1 aliphatic rings. The number of rotatable bonds is 7. The fourth-order valence-corrected chi connectivity index (χ4v) is 3.09. The maximum atomic E-state index is 10.5. The van der Waals surface area contributed by atoms with E-state index in [0.717, 1.165) is 31.7 Å². The first kappa shape index (κ1) is 17.5. The van der Waals surface area contributed by atoms with Crippen LogP contribution >= 0.6 is 0 Å². The van der Waals surface area contributed by atoms with E-state index in [4.69, 9.17) is 4.74 Å². The summed E-state index contributed by atoms with van der Waals surface area (Å²) in [4.78, 5) is 6.65. The summed E-state index contributed by atoms with van der Waals surface area (Å²) in [7, 11) is 0. The van der Waals surface area contributed by atoms with E-state index in [2.05, 4.69) is 15.2 Å². The van der Waals surface area contributed by atoms with Crippen molar-refractivity contribution in [3.63, 3.8) is 0 Å². The van der Waals surface area contributed by atoms with Gasteiger partial charge in [0.25, 0.3) is 0 Å². The summed E-state index contributed by atoms with van der Waals surface area (Å²) in [6.07, 6.45) is 3.21. The van der Waals surface area contributed by atoms with E-state index in [-0.39, 0.29) is 12.4 Å². The lowest BCUT2D eigenvalue weighted by molar-refractivity contribution is 0.109. The summed E-state index contributed by atoms with van der Waals surface area (Å²) in [5.41, 5.74) is 0. The van der Waals surface area contributed by atoms with Gasteiger partial charge in [0.05, 0.1) is 0 Å². The number of nitrogens with one attached hydrogen (secondary N) is 1. The molecule has 3 rings (SSSR count). The number of hydrogen-bond acceptors (Lipinski definition) is 6. The molecule has 0 amide bonds. The monoisotopic (exact) mass is 343 g/mol. The smallest absolute Gasteiger partial charge is 0.128 e. The fraction of sp³-hybridized carbons (Fsp3) is 0.421. The molecule has 1 aliphatic heterocycles. The molecule has 1 saturated heterocycles. The molecule has 3 N–H and O–H groups in total. The van der Waals surface area contributed by atoms with Crippen LogP contribution in [0.15, 0.2) is 48.7 Å². The minimum atomic E-state index is -0.634. The van der Waals surface area contributed by atoms with Crippen molar-refractivity contribution < 1.29 is 14.9 Å². The van der Waals surface area contributed by atoms with Crippen LogP contribution in [0.25, 0.3) is 0 Å². The lowest BCUT2D eigenvalue weighted by atomic mass is 10.0. The molecule has 1 aromatic heterocycles. The van der Waals surface area contributed by atoms with Gasteiger partial charge in [-0.25, -0.2) is 4.98 Å². The molecule has 2 aromatic rings. The zero-order valence-corrected chi connectivity index (χ0v) is 14.2. The molecule has 2 heterocycles. The predicted octanol–water partition coefficient (Wildman–Crippen LogP) is 1.79. The largest absolute Gasteiger partial charge is 0.508 e. The first-order valence-corrected chi connectivity index (χ1v) is 8.70. The fourth-order valence-electron chi connectivity index (χ4n) is 3.09. The van der Waals surface area contributed by atoms with Crippen molar-refractivity contribution in [2.24, 2.45) is 0 Å². The summed E-state index contributed by atoms with van der Waals surface area (Å²) in [6, 6.07) is 12.7. The highest BCUT2D eigenvalue weighted by Crippen LogP contribution is 2.20. The molecular formula is C19H25N3O3. The number of nitrogens with zero attached hydrogens (tertiary/aromatic N) is 2.